The Kier molecular flexibility index (Phi) is 5.25. The summed E-state index contributed by atoms with van der Waals surface area (Å²) in [5.41, 5.74) is -0.838. The number of nitrogens with zero attached hydrogens (tertiary/aromatic N) is 1. The molecule has 1 fully saturated rings. The minimum absolute atomic E-state index is 0.159. The average Bonchev–Trinajstić information content (AvgIpc) is 2.40. The van der Waals surface area contributed by atoms with Gasteiger partial charge in [0.05, 0.1) is 20.7 Å². The predicted molar refractivity (Wildman–Crippen MR) is 83.4 cm³/mol. The van der Waals surface area contributed by atoms with Crippen LogP contribution in [0.4, 0.5) is 0 Å². The van der Waals surface area contributed by atoms with Crippen LogP contribution in [0.25, 0.3) is 0 Å². The molecular formula is C14H16Cl3NO3. The molecule has 116 valence electrons. The third kappa shape index (κ3) is 4.39. The smallest absolute Gasteiger partial charge is 0.260 e. The van der Waals surface area contributed by atoms with Crippen LogP contribution in [-0.2, 0) is 4.79 Å². The highest BCUT2D eigenvalue weighted by molar-refractivity contribution is 6.43. The molecule has 1 aromatic carbocycles. The number of hydrogen-bond donors (Lipinski definition) is 1. The van der Waals surface area contributed by atoms with Crippen molar-refractivity contribution in [3.05, 3.63) is 27.2 Å². The topological polar surface area (TPSA) is 49.8 Å². The lowest BCUT2D eigenvalue weighted by atomic mass is 9.95. The summed E-state index contributed by atoms with van der Waals surface area (Å²) in [5, 5.41) is 10.9. The van der Waals surface area contributed by atoms with Crippen LogP contribution in [0.15, 0.2) is 12.1 Å². The van der Waals surface area contributed by atoms with Gasteiger partial charge in [-0.3, -0.25) is 4.79 Å². The standard InChI is InChI=1S/C14H16Cl3NO3/c1-14(20)3-2-4-18(8-14)13(19)7-21-12-6-10(16)9(15)5-11(12)17/h5-6,20H,2-4,7-8H2,1H3. The molecule has 1 aliphatic rings. The van der Waals surface area contributed by atoms with E-state index in [1.165, 1.54) is 12.1 Å². The number of carbonyl (C=O) groups is 1. The molecule has 0 aliphatic carbocycles. The van der Waals surface area contributed by atoms with Gasteiger partial charge in [-0.2, -0.15) is 0 Å². The first-order valence-electron chi connectivity index (χ1n) is 6.56. The second-order valence-corrected chi connectivity index (χ2v) is 6.62. The van der Waals surface area contributed by atoms with E-state index in [1.54, 1.807) is 11.8 Å². The zero-order valence-electron chi connectivity index (χ0n) is 11.5. The second kappa shape index (κ2) is 6.61. The monoisotopic (exact) mass is 351 g/mol. The van der Waals surface area contributed by atoms with Gasteiger partial charge in [0, 0.05) is 19.2 Å². The Morgan fingerprint density at radius 1 is 1.33 bits per heavy atom. The van der Waals surface area contributed by atoms with Crippen molar-refractivity contribution in [1.82, 2.24) is 4.90 Å². The number of benzene rings is 1. The van der Waals surface area contributed by atoms with Crippen molar-refractivity contribution in [2.24, 2.45) is 0 Å². The first-order valence-corrected chi connectivity index (χ1v) is 7.69. The van der Waals surface area contributed by atoms with Crippen LogP contribution in [0.3, 0.4) is 0 Å². The molecule has 1 atom stereocenters. The van der Waals surface area contributed by atoms with E-state index in [4.69, 9.17) is 39.5 Å². The van der Waals surface area contributed by atoms with Crippen LogP contribution in [-0.4, -0.2) is 41.2 Å². The van der Waals surface area contributed by atoms with Crippen molar-refractivity contribution < 1.29 is 14.6 Å². The molecule has 0 aromatic heterocycles. The maximum atomic E-state index is 12.1. The summed E-state index contributed by atoms with van der Waals surface area (Å²) in [6.45, 7) is 2.49. The Morgan fingerprint density at radius 3 is 2.67 bits per heavy atom. The lowest BCUT2D eigenvalue weighted by Crippen LogP contribution is -2.49. The fourth-order valence-corrected chi connectivity index (χ4v) is 2.87. The van der Waals surface area contributed by atoms with E-state index in [9.17, 15) is 9.90 Å². The van der Waals surface area contributed by atoms with Crippen LogP contribution in [0, 0.1) is 0 Å². The van der Waals surface area contributed by atoms with Gasteiger partial charge in [0.25, 0.3) is 5.91 Å². The highest BCUT2D eigenvalue weighted by Gasteiger charge is 2.31. The van der Waals surface area contributed by atoms with E-state index in [0.717, 1.165) is 6.42 Å². The molecule has 1 unspecified atom stereocenters. The fourth-order valence-electron chi connectivity index (χ4n) is 2.28. The zero-order valence-corrected chi connectivity index (χ0v) is 13.8. The number of β-amino-alcohol motifs (C(OH)–C–C–N with tert-alkyl or cyclic N) is 1. The van der Waals surface area contributed by atoms with Crippen molar-refractivity contribution in [3.63, 3.8) is 0 Å². The van der Waals surface area contributed by atoms with E-state index in [-0.39, 0.29) is 12.5 Å². The number of likely N-dealkylation sites (tertiary alicyclic amines) is 1. The molecule has 0 saturated carbocycles. The molecule has 1 aromatic rings. The van der Waals surface area contributed by atoms with Gasteiger partial charge in [-0.05, 0) is 25.8 Å². The number of piperidine rings is 1. The molecule has 1 amide bonds. The van der Waals surface area contributed by atoms with Gasteiger partial charge in [-0.15, -0.1) is 0 Å². The number of amides is 1. The summed E-state index contributed by atoms with van der Waals surface area (Å²) in [6, 6.07) is 2.95. The third-order valence-electron chi connectivity index (χ3n) is 3.35. The molecule has 21 heavy (non-hydrogen) atoms. The summed E-state index contributed by atoms with van der Waals surface area (Å²) < 4.78 is 5.41. The van der Waals surface area contributed by atoms with E-state index in [2.05, 4.69) is 0 Å². The molecular weight excluding hydrogens is 337 g/mol. The van der Waals surface area contributed by atoms with Crippen LogP contribution < -0.4 is 4.74 Å². The average molecular weight is 353 g/mol. The highest BCUT2D eigenvalue weighted by atomic mass is 35.5. The van der Waals surface area contributed by atoms with E-state index in [0.29, 0.717) is 40.3 Å². The maximum absolute atomic E-state index is 12.1. The summed E-state index contributed by atoms with van der Waals surface area (Å²) in [7, 11) is 0. The maximum Gasteiger partial charge on any atom is 0.260 e. The number of halogens is 3. The number of hydrogen-bond acceptors (Lipinski definition) is 3. The van der Waals surface area contributed by atoms with Crippen LogP contribution in [0.5, 0.6) is 5.75 Å². The Bertz CT molecular complexity index is 549. The Balaban J connectivity index is 1.97. The number of ether oxygens (including phenoxy) is 1. The number of carbonyl (C=O) groups excluding carboxylic acids is 1. The van der Waals surface area contributed by atoms with Gasteiger partial charge < -0.3 is 14.7 Å². The molecule has 2 rings (SSSR count). The van der Waals surface area contributed by atoms with Crippen molar-refractivity contribution in [1.29, 1.82) is 0 Å². The van der Waals surface area contributed by atoms with E-state index >= 15 is 0 Å². The Morgan fingerprint density at radius 2 is 2.00 bits per heavy atom. The Labute approximate surface area is 138 Å². The first kappa shape index (κ1) is 16.7. The SMILES string of the molecule is CC1(O)CCCN(C(=O)COc2cc(Cl)c(Cl)cc2Cl)C1. The van der Waals surface area contributed by atoms with Gasteiger partial charge >= 0.3 is 0 Å². The number of rotatable bonds is 3. The Hall–Kier alpha value is -0.680. The molecule has 7 heteroatoms. The molecule has 1 aliphatic heterocycles. The summed E-state index contributed by atoms with van der Waals surface area (Å²) >= 11 is 17.7. The molecule has 0 radical (unpaired) electrons. The highest BCUT2D eigenvalue weighted by Crippen LogP contribution is 2.33. The predicted octanol–water partition coefficient (Wildman–Crippen LogP) is 3.40. The lowest BCUT2D eigenvalue weighted by Gasteiger charge is -2.36. The minimum Gasteiger partial charge on any atom is -0.482 e. The largest absolute Gasteiger partial charge is 0.482 e. The van der Waals surface area contributed by atoms with E-state index in [1.807, 2.05) is 0 Å². The lowest BCUT2D eigenvalue weighted by molar-refractivity contribution is -0.139. The van der Waals surface area contributed by atoms with Gasteiger partial charge in [-0.1, -0.05) is 34.8 Å². The van der Waals surface area contributed by atoms with E-state index < -0.39 is 5.60 Å². The fraction of sp³-hybridized carbons (Fsp3) is 0.500. The molecule has 1 saturated heterocycles. The summed E-state index contributed by atoms with van der Waals surface area (Å²) in [5.74, 6) is 0.111. The van der Waals surface area contributed by atoms with Crippen LogP contribution in [0.2, 0.25) is 15.1 Å². The number of aliphatic hydroxyl groups is 1. The molecule has 1 N–H and O–H groups in total. The third-order valence-corrected chi connectivity index (χ3v) is 4.37. The normalized spacial score (nSPS) is 22.2. The van der Waals surface area contributed by atoms with Gasteiger partial charge in [0.2, 0.25) is 0 Å². The zero-order chi connectivity index (χ0) is 15.6. The van der Waals surface area contributed by atoms with Gasteiger partial charge in [0.15, 0.2) is 6.61 Å². The van der Waals surface area contributed by atoms with Crippen LogP contribution >= 0.6 is 34.8 Å². The molecule has 4 nitrogen and oxygen atoms in total. The first-order chi connectivity index (χ1) is 9.78. The second-order valence-electron chi connectivity index (χ2n) is 5.40. The van der Waals surface area contributed by atoms with Crippen molar-refractivity contribution in [3.8, 4) is 5.75 Å². The molecule has 0 spiro atoms. The summed E-state index contributed by atoms with van der Waals surface area (Å²) in [4.78, 5) is 13.7. The van der Waals surface area contributed by atoms with Crippen molar-refractivity contribution in [2.45, 2.75) is 25.4 Å². The minimum atomic E-state index is -0.838. The molecule has 0 bridgehead atoms. The van der Waals surface area contributed by atoms with Gasteiger partial charge in [0.1, 0.15) is 5.75 Å². The van der Waals surface area contributed by atoms with Crippen LogP contribution in [0.1, 0.15) is 19.8 Å². The van der Waals surface area contributed by atoms with Gasteiger partial charge in [-0.25, -0.2) is 0 Å². The van der Waals surface area contributed by atoms with Crippen molar-refractivity contribution in [2.75, 3.05) is 19.7 Å². The van der Waals surface area contributed by atoms with Crippen molar-refractivity contribution >= 4 is 40.7 Å². The molecule has 1 heterocycles. The quantitative estimate of drug-likeness (QED) is 0.848. The summed E-state index contributed by atoms with van der Waals surface area (Å²) in [6.07, 6.45) is 1.46.